The second-order valence-corrected chi connectivity index (χ2v) is 9.27. The molecular formula is C19H27N6O12P. The Morgan fingerprint density at radius 2 is 1.97 bits per heavy atom. The number of hydrogen-bond donors (Lipinski definition) is 8. The summed E-state index contributed by atoms with van der Waals surface area (Å²) in [6.45, 7) is -0.111. The highest BCUT2D eigenvalue weighted by atomic mass is 31.2. The number of aliphatic carboxylic acids is 1. The number of nitrogens with two attached hydrogens (primary N) is 1. The number of rotatable bonds is 5. The number of furan rings is 1. The van der Waals surface area contributed by atoms with Gasteiger partial charge in [-0.2, -0.15) is 5.06 Å². The van der Waals surface area contributed by atoms with Crippen LogP contribution in [0.3, 0.4) is 0 Å². The number of aliphatic hydroxyl groups excluding tert-OH is 2. The van der Waals surface area contributed by atoms with Crippen molar-refractivity contribution in [3.63, 3.8) is 0 Å². The molecule has 18 nitrogen and oxygen atoms in total. The number of hydroxylamine groups is 2. The maximum absolute atomic E-state index is 10.7. The molecule has 0 spiro atoms. The number of hydrogen-bond acceptors (Lipinski definition) is 14. The van der Waals surface area contributed by atoms with Crippen LogP contribution < -0.4 is 5.73 Å². The van der Waals surface area contributed by atoms with Crippen molar-refractivity contribution in [1.29, 1.82) is 0 Å². The van der Waals surface area contributed by atoms with Crippen molar-refractivity contribution in [2.75, 3.05) is 18.9 Å². The van der Waals surface area contributed by atoms with E-state index in [1.165, 1.54) is 29.6 Å². The Kier molecular flexibility index (Phi) is 9.71. The number of carbonyl (C=O) groups is 1. The Morgan fingerprint density at radius 3 is 2.47 bits per heavy atom. The number of nitrogens with zero attached hydrogens (tertiary/aromatic N) is 5. The van der Waals surface area contributed by atoms with E-state index in [4.69, 9.17) is 35.7 Å². The molecule has 5 rings (SSSR count). The quantitative estimate of drug-likeness (QED) is 0.174. The molecule has 38 heavy (non-hydrogen) atoms. The van der Waals surface area contributed by atoms with Gasteiger partial charge in [0.15, 0.2) is 17.7 Å². The van der Waals surface area contributed by atoms with Crippen molar-refractivity contribution in [2.24, 2.45) is 0 Å². The molecule has 2 saturated heterocycles. The van der Waals surface area contributed by atoms with Crippen molar-refractivity contribution in [2.45, 2.75) is 43.4 Å². The number of nitrogen functional groups attached to an aromatic ring is 1. The topological polar surface area (TPSA) is 280 Å². The van der Waals surface area contributed by atoms with Gasteiger partial charge in [0.2, 0.25) is 0 Å². The molecule has 2 aliphatic heterocycles. The lowest BCUT2D eigenvalue weighted by Gasteiger charge is -2.16. The number of imidazole rings is 1. The molecule has 19 heteroatoms. The summed E-state index contributed by atoms with van der Waals surface area (Å²) in [5.74, 6) is -0.826. The Bertz CT molecular complexity index is 1240. The molecule has 2 fully saturated rings. The van der Waals surface area contributed by atoms with Gasteiger partial charge in [-0.25, -0.2) is 19.5 Å². The number of carboxylic acid groups (broad SMARTS) is 1. The third kappa shape index (κ3) is 7.44. The summed E-state index contributed by atoms with van der Waals surface area (Å²) in [6.07, 6.45) is 0.255. The molecule has 3 aromatic heterocycles. The SMILES string of the molecule is Nc1ncnc2c1ncn2[C@@H]1O[C@H](COP(=O)(O)O)[C@@H](O)[C@H]1O.O=C(O)C1CCCN1O.Oc1ccco1. The number of anilines is 1. The first-order valence-electron chi connectivity index (χ1n) is 10.9. The lowest BCUT2D eigenvalue weighted by Crippen LogP contribution is -2.33. The van der Waals surface area contributed by atoms with Crippen LogP contribution in [-0.2, 0) is 18.6 Å². The molecule has 5 atom stereocenters. The molecule has 210 valence electrons. The summed E-state index contributed by atoms with van der Waals surface area (Å²) in [6, 6.07) is 2.43. The fourth-order valence-electron chi connectivity index (χ4n) is 3.60. The maximum atomic E-state index is 10.7. The van der Waals surface area contributed by atoms with Gasteiger partial charge >= 0.3 is 13.8 Å². The molecule has 0 amide bonds. The molecule has 0 saturated carbocycles. The Morgan fingerprint density at radius 1 is 1.24 bits per heavy atom. The minimum atomic E-state index is -4.72. The number of phosphoric ester groups is 1. The third-order valence-corrected chi connectivity index (χ3v) is 5.91. The fraction of sp³-hybridized carbons (Fsp3) is 0.474. The number of aromatic nitrogens is 4. The molecule has 0 aromatic carbocycles. The zero-order chi connectivity index (χ0) is 28.0. The normalized spacial score (nSPS) is 25.4. The third-order valence-electron chi connectivity index (χ3n) is 5.42. The summed E-state index contributed by atoms with van der Waals surface area (Å²) in [7, 11) is -4.72. The Hall–Kier alpha value is -3.19. The molecule has 0 radical (unpaired) electrons. The van der Waals surface area contributed by atoms with E-state index in [-0.39, 0.29) is 17.4 Å². The average Bonchev–Trinajstić information content (AvgIpc) is 3.63. The zero-order valence-electron chi connectivity index (χ0n) is 19.5. The van der Waals surface area contributed by atoms with E-state index in [9.17, 15) is 19.6 Å². The summed E-state index contributed by atoms with van der Waals surface area (Å²) < 4.78 is 26.2. The van der Waals surface area contributed by atoms with Gasteiger partial charge < -0.3 is 50.3 Å². The first kappa shape index (κ1) is 29.4. The molecule has 2 aliphatic rings. The molecule has 5 heterocycles. The van der Waals surface area contributed by atoms with E-state index >= 15 is 0 Å². The second-order valence-electron chi connectivity index (χ2n) is 8.03. The zero-order valence-corrected chi connectivity index (χ0v) is 20.4. The number of carboxylic acids is 1. The smallest absolute Gasteiger partial charge is 0.469 e. The van der Waals surface area contributed by atoms with E-state index in [0.29, 0.717) is 18.5 Å². The maximum Gasteiger partial charge on any atom is 0.469 e. The second kappa shape index (κ2) is 12.6. The molecule has 0 bridgehead atoms. The van der Waals surface area contributed by atoms with Gasteiger partial charge in [0.25, 0.3) is 5.95 Å². The van der Waals surface area contributed by atoms with Gasteiger partial charge in [-0.3, -0.25) is 13.9 Å². The van der Waals surface area contributed by atoms with E-state index in [0.717, 1.165) is 11.5 Å². The molecule has 3 aromatic rings. The lowest BCUT2D eigenvalue weighted by atomic mass is 10.1. The van der Waals surface area contributed by atoms with Crippen LogP contribution in [0.25, 0.3) is 11.2 Å². The van der Waals surface area contributed by atoms with E-state index in [1.807, 2.05) is 0 Å². The Labute approximate surface area is 213 Å². The number of phosphoric acid groups is 1. The summed E-state index contributed by atoms with van der Waals surface area (Å²) in [4.78, 5) is 39.4. The van der Waals surface area contributed by atoms with Crippen LogP contribution in [0.15, 0.2) is 35.5 Å². The van der Waals surface area contributed by atoms with Crippen molar-refractivity contribution >= 4 is 30.8 Å². The molecule has 9 N–H and O–H groups in total. The van der Waals surface area contributed by atoms with Crippen LogP contribution >= 0.6 is 7.82 Å². The monoisotopic (exact) mass is 562 g/mol. The van der Waals surface area contributed by atoms with Crippen molar-refractivity contribution in [3.8, 4) is 5.95 Å². The van der Waals surface area contributed by atoms with Crippen LogP contribution in [0.1, 0.15) is 19.1 Å². The lowest BCUT2D eigenvalue weighted by molar-refractivity contribution is -0.160. The first-order chi connectivity index (χ1) is 17.9. The van der Waals surface area contributed by atoms with Gasteiger partial charge in [0.05, 0.1) is 19.2 Å². The fourth-order valence-corrected chi connectivity index (χ4v) is 3.94. The van der Waals surface area contributed by atoms with Gasteiger partial charge in [0.1, 0.15) is 36.2 Å². The highest BCUT2D eigenvalue weighted by Gasteiger charge is 2.45. The van der Waals surface area contributed by atoms with Crippen LogP contribution in [0.5, 0.6) is 5.95 Å². The standard InChI is InChI=1S/C10H14N5O7P.C5H9NO3.C4H4O2/c11-8-5-9(13-2-12-8)15(3-14-5)10-7(17)6(16)4(22-10)1-21-23(18,19)20;7-5(8)4-2-1-3-6(4)9;5-4-2-1-3-6-4/h2-4,6-7,10,16-17H,1H2,(H2,11,12,13)(H2,18,19,20);4,9H,1-3H2,(H,7,8);1-3,5H/t4-,6-,7-,10-;;/m1../s1. The number of ether oxygens (including phenoxy) is 1. The van der Waals surface area contributed by atoms with Crippen molar-refractivity contribution < 1.29 is 58.5 Å². The predicted octanol–water partition coefficient (Wildman–Crippen LogP) is -0.953. The minimum absolute atomic E-state index is 0.0324. The molecule has 0 aliphatic carbocycles. The van der Waals surface area contributed by atoms with E-state index in [2.05, 4.69) is 23.9 Å². The van der Waals surface area contributed by atoms with Gasteiger partial charge in [-0.1, -0.05) is 0 Å². The molecular weight excluding hydrogens is 535 g/mol. The highest BCUT2D eigenvalue weighted by Crippen LogP contribution is 2.38. The first-order valence-corrected chi connectivity index (χ1v) is 12.5. The highest BCUT2D eigenvalue weighted by molar-refractivity contribution is 7.46. The van der Waals surface area contributed by atoms with Crippen LogP contribution in [0, 0.1) is 0 Å². The van der Waals surface area contributed by atoms with Crippen LogP contribution in [-0.4, -0.2) is 103 Å². The number of aliphatic hydroxyl groups is 2. The summed E-state index contributed by atoms with van der Waals surface area (Å²) in [5, 5.41) is 46.4. The van der Waals surface area contributed by atoms with E-state index < -0.39 is 51.0 Å². The van der Waals surface area contributed by atoms with Gasteiger partial charge in [-0.15, -0.1) is 0 Å². The van der Waals surface area contributed by atoms with Gasteiger partial charge in [0, 0.05) is 12.6 Å². The largest absolute Gasteiger partial charge is 0.481 e. The number of fused-ring (bicyclic) bond motifs is 1. The van der Waals surface area contributed by atoms with Crippen molar-refractivity contribution in [1.82, 2.24) is 24.6 Å². The molecule has 1 unspecified atom stereocenters. The van der Waals surface area contributed by atoms with E-state index in [1.54, 1.807) is 6.07 Å². The minimum Gasteiger partial charge on any atom is -0.481 e. The summed E-state index contributed by atoms with van der Waals surface area (Å²) in [5.41, 5.74) is 6.25. The number of aromatic hydroxyl groups is 1. The Balaban J connectivity index is 0.000000216. The van der Waals surface area contributed by atoms with Crippen LogP contribution in [0.2, 0.25) is 0 Å². The average molecular weight is 562 g/mol. The summed E-state index contributed by atoms with van der Waals surface area (Å²) >= 11 is 0. The van der Waals surface area contributed by atoms with Gasteiger partial charge in [-0.05, 0) is 18.9 Å². The van der Waals surface area contributed by atoms with Crippen molar-refractivity contribution in [3.05, 3.63) is 31.1 Å². The van der Waals surface area contributed by atoms with Crippen LogP contribution in [0.4, 0.5) is 5.82 Å². The predicted molar refractivity (Wildman–Crippen MR) is 123 cm³/mol.